The van der Waals surface area contributed by atoms with Crippen LogP contribution in [0.25, 0.3) is 0 Å². The standard InChI is InChI=1S/C11H14NS/c1-10-12(7-8-13-10)9-11-5-3-2-4-6-11/h2-6H,7-9H2,1H3/q+1. The zero-order valence-corrected chi connectivity index (χ0v) is 8.68. The predicted molar refractivity (Wildman–Crippen MR) is 58.4 cm³/mol. The van der Waals surface area contributed by atoms with Crippen molar-refractivity contribution in [2.24, 2.45) is 0 Å². The molecule has 68 valence electrons. The zero-order valence-electron chi connectivity index (χ0n) is 7.86. The second-order valence-electron chi connectivity index (χ2n) is 3.27. The van der Waals surface area contributed by atoms with Gasteiger partial charge in [0, 0.05) is 12.5 Å². The lowest BCUT2D eigenvalue weighted by atomic mass is 10.2. The van der Waals surface area contributed by atoms with Crippen molar-refractivity contribution in [2.75, 3.05) is 12.3 Å². The first kappa shape index (κ1) is 8.82. The van der Waals surface area contributed by atoms with E-state index in [9.17, 15) is 0 Å². The van der Waals surface area contributed by atoms with Crippen LogP contribution in [0.5, 0.6) is 0 Å². The van der Waals surface area contributed by atoms with Crippen LogP contribution in [-0.2, 0) is 6.54 Å². The maximum absolute atomic E-state index is 2.44. The molecule has 0 N–H and O–H groups in total. The summed E-state index contributed by atoms with van der Waals surface area (Å²) in [6.07, 6.45) is 0. The monoisotopic (exact) mass is 192 g/mol. The van der Waals surface area contributed by atoms with Crippen LogP contribution in [0.4, 0.5) is 0 Å². The topological polar surface area (TPSA) is 3.01 Å². The van der Waals surface area contributed by atoms with E-state index in [1.165, 1.54) is 22.9 Å². The van der Waals surface area contributed by atoms with Crippen molar-refractivity contribution in [2.45, 2.75) is 13.5 Å². The maximum Gasteiger partial charge on any atom is 0.207 e. The van der Waals surface area contributed by atoms with Gasteiger partial charge < -0.3 is 0 Å². The molecule has 0 aromatic heterocycles. The first-order chi connectivity index (χ1) is 6.36. The highest BCUT2D eigenvalue weighted by atomic mass is 32.2. The van der Waals surface area contributed by atoms with Gasteiger partial charge in [0.2, 0.25) is 5.04 Å². The van der Waals surface area contributed by atoms with Gasteiger partial charge in [0.25, 0.3) is 0 Å². The van der Waals surface area contributed by atoms with E-state index >= 15 is 0 Å². The highest BCUT2D eigenvalue weighted by molar-refractivity contribution is 8.13. The van der Waals surface area contributed by atoms with E-state index in [2.05, 4.69) is 41.8 Å². The fraction of sp³-hybridized carbons (Fsp3) is 0.364. The molecule has 0 radical (unpaired) electrons. The molecule has 1 heterocycles. The summed E-state index contributed by atoms with van der Waals surface area (Å²) in [5.41, 5.74) is 1.41. The smallest absolute Gasteiger partial charge is 0.207 e. The third-order valence-electron chi connectivity index (χ3n) is 2.33. The van der Waals surface area contributed by atoms with Gasteiger partial charge in [0.05, 0.1) is 5.75 Å². The number of nitrogens with zero attached hydrogens (tertiary/aromatic N) is 1. The van der Waals surface area contributed by atoms with Gasteiger partial charge >= 0.3 is 0 Å². The molecule has 1 aliphatic heterocycles. The van der Waals surface area contributed by atoms with Crippen molar-refractivity contribution in [3.05, 3.63) is 35.9 Å². The van der Waals surface area contributed by atoms with Gasteiger partial charge in [-0.25, -0.2) is 4.58 Å². The van der Waals surface area contributed by atoms with Gasteiger partial charge in [-0.2, -0.15) is 0 Å². The van der Waals surface area contributed by atoms with Crippen LogP contribution in [0.15, 0.2) is 30.3 Å². The Morgan fingerprint density at radius 3 is 2.69 bits per heavy atom. The first-order valence-corrected chi connectivity index (χ1v) is 5.60. The van der Waals surface area contributed by atoms with Crippen molar-refractivity contribution >= 4 is 16.8 Å². The summed E-state index contributed by atoms with van der Waals surface area (Å²) in [5.74, 6) is 1.25. The zero-order chi connectivity index (χ0) is 9.10. The Morgan fingerprint density at radius 1 is 1.31 bits per heavy atom. The molecule has 1 aromatic carbocycles. The second-order valence-corrected chi connectivity index (χ2v) is 4.56. The lowest BCUT2D eigenvalue weighted by Gasteiger charge is -1.98. The molecule has 0 atom stereocenters. The molecule has 0 fully saturated rings. The van der Waals surface area contributed by atoms with Crippen molar-refractivity contribution < 1.29 is 4.58 Å². The molecule has 0 unspecified atom stereocenters. The van der Waals surface area contributed by atoms with Gasteiger partial charge in [-0.05, 0) is 0 Å². The Balaban J connectivity index is 2.11. The summed E-state index contributed by atoms with van der Waals surface area (Å²) in [5, 5.41) is 1.46. The van der Waals surface area contributed by atoms with E-state index in [1.54, 1.807) is 0 Å². The lowest BCUT2D eigenvalue weighted by molar-refractivity contribution is -0.534. The maximum atomic E-state index is 2.44. The molecule has 0 bridgehead atoms. The largest absolute Gasteiger partial charge is 0.223 e. The number of hydrogen-bond donors (Lipinski definition) is 0. The van der Waals surface area contributed by atoms with Crippen molar-refractivity contribution in [3.8, 4) is 0 Å². The highest BCUT2D eigenvalue weighted by Crippen LogP contribution is 2.13. The Bertz CT molecular complexity index is 316. The molecular weight excluding hydrogens is 178 g/mol. The molecule has 2 rings (SSSR count). The average Bonchev–Trinajstić information content (AvgIpc) is 2.54. The Hall–Kier alpha value is -0.760. The van der Waals surface area contributed by atoms with Gasteiger partial charge in [0.1, 0.15) is 0 Å². The minimum atomic E-state index is 1.07. The van der Waals surface area contributed by atoms with Crippen LogP contribution >= 0.6 is 11.8 Å². The van der Waals surface area contributed by atoms with Crippen molar-refractivity contribution in [1.29, 1.82) is 0 Å². The molecule has 1 aromatic rings. The van der Waals surface area contributed by atoms with E-state index in [-0.39, 0.29) is 0 Å². The number of rotatable bonds is 2. The fourth-order valence-corrected chi connectivity index (χ4v) is 2.49. The summed E-state index contributed by atoms with van der Waals surface area (Å²) in [4.78, 5) is 0. The van der Waals surface area contributed by atoms with E-state index in [0.717, 1.165) is 6.54 Å². The fourth-order valence-electron chi connectivity index (χ4n) is 1.55. The summed E-state index contributed by atoms with van der Waals surface area (Å²) in [6.45, 7) is 4.48. The molecule has 1 nitrogen and oxygen atoms in total. The molecule has 0 amide bonds. The van der Waals surface area contributed by atoms with Crippen molar-refractivity contribution in [1.82, 2.24) is 0 Å². The summed E-state index contributed by atoms with van der Waals surface area (Å²) < 4.78 is 2.44. The second kappa shape index (κ2) is 3.97. The number of thioether (sulfide) groups is 1. The minimum absolute atomic E-state index is 1.07. The molecule has 0 saturated carbocycles. The normalized spacial score (nSPS) is 16.7. The first-order valence-electron chi connectivity index (χ1n) is 4.61. The number of hydrogen-bond acceptors (Lipinski definition) is 1. The molecule has 1 aliphatic rings. The lowest BCUT2D eigenvalue weighted by Crippen LogP contribution is -2.12. The SMILES string of the molecule is CC1=[N+](Cc2ccccc2)CCS1. The molecule has 0 aliphatic carbocycles. The van der Waals surface area contributed by atoms with Crippen LogP contribution in [0.3, 0.4) is 0 Å². The summed E-state index contributed by atoms with van der Waals surface area (Å²) >= 11 is 1.97. The summed E-state index contributed by atoms with van der Waals surface area (Å²) in [7, 11) is 0. The molecular formula is C11H14NS+. The number of benzene rings is 1. The van der Waals surface area contributed by atoms with E-state index < -0.39 is 0 Å². The third kappa shape index (κ3) is 2.13. The van der Waals surface area contributed by atoms with E-state index in [4.69, 9.17) is 0 Å². The van der Waals surface area contributed by atoms with Crippen molar-refractivity contribution in [3.63, 3.8) is 0 Å². The van der Waals surface area contributed by atoms with Crippen LogP contribution in [0, 0.1) is 0 Å². The van der Waals surface area contributed by atoms with Crippen LogP contribution < -0.4 is 0 Å². The quantitative estimate of drug-likeness (QED) is 0.650. The molecule has 0 spiro atoms. The van der Waals surface area contributed by atoms with Crippen LogP contribution in [-0.4, -0.2) is 21.9 Å². The van der Waals surface area contributed by atoms with Crippen LogP contribution in [0.2, 0.25) is 0 Å². The predicted octanol–water partition coefficient (Wildman–Crippen LogP) is 2.36. The highest BCUT2D eigenvalue weighted by Gasteiger charge is 2.18. The van der Waals surface area contributed by atoms with Gasteiger partial charge in [-0.15, -0.1) is 0 Å². The summed E-state index contributed by atoms with van der Waals surface area (Å²) in [6, 6.07) is 10.7. The van der Waals surface area contributed by atoms with E-state index in [1.807, 2.05) is 11.8 Å². The van der Waals surface area contributed by atoms with Gasteiger partial charge in [-0.1, -0.05) is 42.1 Å². The van der Waals surface area contributed by atoms with E-state index in [0.29, 0.717) is 0 Å². The average molecular weight is 192 g/mol. The Morgan fingerprint density at radius 2 is 2.08 bits per heavy atom. The van der Waals surface area contributed by atoms with Gasteiger partial charge in [-0.3, -0.25) is 0 Å². The molecule has 0 saturated heterocycles. The van der Waals surface area contributed by atoms with Gasteiger partial charge in [0.15, 0.2) is 13.1 Å². The Labute approximate surface area is 83.5 Å². The third-order valence-corrected chi connectivity index (χ3v) is 3.40. The Kier molecular flexibility index (Phi) is 2.69. The molecule has 2 heteroatoms. The molecule has 13 heavy (non-hydrogen) atoms. The van der Waals surface area contributed by atoms with Crippen LogP contribution in [0.1, 0.15) is 12.5 Å². The minimum Gasteiger partial charge on any atom is -0.223 e.